The molecule has 1 saturated heterocycles. The summed E-state index contributed by atoms with van der Waals surface area (Å²) < 4.78 is 40.2. The molecule has 0 saturated carbocycles. The first-order valence-corrected chi connectivity index (χ1v) is 12.8. The first-order chi connectivity index (χ1) is 14.9. The maximum absolute atomic E-state index is 13.4. The van der Waals surface area contributed by atoms with Gasteiger partial charge in [0.05, 0.1) is 10.9 Å². The molecule has 170 valence electrons. The molecule has 1 aliphatic heterocycles. The zero-order valence-corrected chi connectivity index (χ0v) is 19.5. The molecule has 1 fully saturated rings. The molecule has 10 heteroatoms. The summed E-state index contributed by atoms with van der Waals surface area (Å²) in [7, 11) is -3.78. The predicted molar refractivity (Wildman–Crippen MR) is 120 cm³/mol. The number of sulfonamides is 1. The van der Waals surface area contributed by atoms with Crippen molar-refractivity contribution in [2.24, 2.45) is 0 Å². The van der Waals surface area contributed by atoms with Gasteiger partial charge in [-0.15, -0.1) is 0 Å². The number of likely N-dealkylation sites (N-methyl/N-ethyl adjacent to an activating group) is 1. The largest absolute Gasteiger partial charge is 0.336 e. The van der Waals surface area contributed by atoms with Gasteiger partial charge in [-0.05, 0) is 53.7 Å². The number of nitrogens with one attached hydrogen (secondary N) is 1. The summed E-state index contributed by atoms with van der Waals surface area (Å²) in [5, 5.41) is 7.15. The highest BCUT2D eigenvalue weighted by Gasteiger charge is 2.30. The van der Waals surface area contributed by atoms with Gasteiger partial charge in [0.2, 0.25) is 10.0 Å². The fraction of sp³-hybridized carbons (Fsp3) is 0.476. The molecule has 0 aliphatic carbocycles. The van der Waals surface area contributed by atoms with E-state index in [4.69, 9.17) is 0 Å². The fourth-order valence-electron chi connectivity index (χ4n) is 3.79. The molecular formula is C21H29FN4O3S2. The number of hydrogen-bond donors (Lipinski definition) is 1. The normalized spacial score (nSPS) is 16.5. The maximum Gasteiger partial charge on any atom is 0.317 e. The summed E-state index contributed by atoms with van der Waals surface area (Å²) in [6.07, 6.45) is 0. The number of nitrogens with zero attached hydrogens (tertiary/aromatic N) is 3. The Hall–Kier alpha value is -2.01. The summed E-state index contributed by atoms with van der Waals surface area (Å²) in [6, 6.07) is 6.97. The molecule has 1 aromatic carbocycles. The van der Waals surface area contributed by atoms with Crippen molar-refractivity contribution in [1.82, 2.24) is 19.4 Å². The molecule has 2 amide bonds. The topological polar surface area (TPSA) is 73.0 Å². The van der Waals surface area contributed by atoms with Gasteiger partial charge in [0.25, 0.3) is 0 Å². The number of urea groups is 1. The average Bonchev–Trinajstić information content (AvgIpc) is 3.31. The Balaban J connectivity index is 1.57. The lowest BCUT2D eigenvalue weighted by Gasteiger charge is -2.35. The monoisotopic (exact) mass is 468 g/mol. The summed E-state index contributed by atoms with van der Waals surface area (Å²) in [4.78, 5) is 16.6. The Labute approximate surface area is 187 Å². The number of benzene rings is 1. The van der Waals surface area contributed by atoms with Crippen LogP contribution in [0.5, 0.6) is 0 Å². The van der Waals surface area contributed by atoms with Crippen LogP contribution in [-0.4, -0.2) is 74.4 Å². The van der Waals surface area contributed by atoms with Crippen LogP contribution >= 0.6 is 11.3 Å². The highest BCUT2D eigenvalue weighted by molar-refractivity contribution is 7.89. The number of rotatable bonds is 8. The van der Waals surface area contributed by atoms with Gasteiger partial charge in [-0.1, -0.05) is 19.9 Å². The number of hydrogen-bond acceptors (Lipinski definition) is 5. The van der Waals surface area contributed by atoms with Crippen LogP contribution in [0.3, 0.4) is 0 Å². The van der Waals surface area contributed by atoms with Crippen LogP contribution in [0, 0.1) is 5.82 Å². The fourth-order valence-corrected chi connectivity index (χ4v) is 5.95. The lowest BCUT2D eigenvalue weighted by atomic mass is 10.1. The first-order valence-electron chi connectivity index (χ1n) is 10.4. The van der Waals surface area contributed by atoms with Gasteiger partial charge >= 0.3 is 6.03 Å². The van der Waals surface area contributed by atoms with Crippen LogP contribution in [0.1, 0.15) is 25.5 Å². The van der Waals surface area contributed by atoms with Crippen molar-refractivity contribution in [1.29, 1.82) is 0 Å². The molecule has 1 atom stereocenters. The van der Waals surface area contributed by atoms with E-state index < -0.39 is 15.8 Å². The Bertz CT molecular complexity index is 957. The van der Waals surface area contributed by atoms with Crippen LogP contribution in [0.25, 0.3) is 0 Å². The highest BCUT2D eigenvalue weighted by Crippen LogP contribution is 2.23. The van der Waals surface area contributed by atoms with E-state index in [1.54, 1.807) is 16.2 Å². The lowest BCUT2D eigenvalue weighted by molar-refractivity contribution is 0.164. The smallest absolute Gasteiger partial charge is 0.317 e. The lowest BCUT2D eigenvalue weighted by Crippen LogP contribution is -2.53. The number of amides is 2. The van der Waals surface area contributed by atoms with Crippen molar-refractivity contribution in [3.05, 3.63) is 52.5 Å². The molecule has 1 aromatic heterocycles. The van der Waals surface area contributed by atoms with E-state index in [2.05, 4.69) is 35.5 Å². The molecule has 0 radical (unpaired) electrons. The maximum atomic E-state index is 13.4. The molecule has 1 N–H and O–H groups in total. The van der Waals surface area contributed by atoms with Gasteiger partial charge in [-0.3, -0.25) is 4.90 Å². The second-order valence-corrected chi connectivity index (χ2v) is 10.0. The summed E-state index contributed by atoms with van der Waals surface area (Å²) in [5.41, 5.74) is 1.18. The Morgan fingerprint density at radius 1 is 1.19 bits per heavy atom. The first kappa shape index (κ1) is 23.6. The molecule has 31 heavy (non-hydrogen) atoms. The number of carbonyl (C=O) groups excluding carboxylic acids is 1. The van der Waals surface area contributed by atoms with Crippen LogP contribution < -0.4 is 5.32 Å². The standard InChI is InChI=1S/C21H29FN4O3S2/c1-3-24(4-2)20(17-8-13-30-16-17)15-23-21(27)25-9-11-26(12-10-25)31(28,29)19-7-5-6-18(22)14-19/h5-8,13-14,16,20H,3-4,9-12,15H2,1-2H3,(H,23,27). The van der Waals surface area contributed by atoms with Crippen LogP contribution in [-0.2, 0) is 10.0 Å². The molecular weight excluding hydrogens is 439 g/mol. The zero-order chi connectivity index (χ0) is 22.4. The van der Waals surface area contributed by atoms with E-state index in [-0.39, 0.29) is 43.1 Å². The van der Waals surface area contributed by atoms with Gasteiger partial charge in [-0.2, -0.15) is 15.6 Å². The quantitative estimate of drug-likeness (QED) is 0.647. The highest BCUT2D eigenvalue weighted by atomic mass is 32.2. The number of thiophene rings is 1. The third kappa shape index (κ3) is 5.62. The predicted octanol–water partition coefficient (Wildman–Crippen LogP) is 2.99. The van der Waals surface area contributed by atoms with Crippen molar-refractivity contribution in [3.8, 4) is 0 Å². The van der Waals surface area contributed by atoms with Gasteiger partial charge < -0.3 is 10.2 Å². The van der Waals surface area contributed by atoms with Crippen molar-refractivity contribution in [2.75, 3.05) is 45.8 Å². The van der Waals surface area contributed by atoms with E-state index in [1.807, 2.05) is 5.38 Å². The summed E-state index contributed by atoms with van der Waals surface area (Å²) >= 11 is 1.63. The SMILES string of the molecule is CCN(CC)C(CNC(=O)N1CCN(S(=O)(=O)c2cccc(F)c2)CC1)c1ccsc1. The zero-order valence-electron chi connectivity index (χ0n) is 17.8. The summed E-state index contributed by atoms with van der Waals surface area (Å²) in [6.45, 7) is 7.37. The number of halogens is 1. The van der Waals surface area contributed by atoms with Crippen molar-refractivity contribution < 1.29 is 17.6 Å². The van der Waals surface area contributed by atoms with Gasteiger partial charge in [0.15, 0.2) is 0 Å². The minimum Gasteiger partial charge on any atom is -0.336 e. The van der Waals surface area contributed by atoms with Crippen molar-refractivity contribution >= 4 is 27.4 Å². The molecule has 1 unspecified atom stereocenters. The molecule has 0 spiro atoms. The van der Waals surface area contributed by atoms with Crippen LogP contribution in [0.15, 0.2) is 46.0 Å². The minimum absolute atomic E-state index is 0.0665. The summed E-state index contributed by atoms with van der Waals surface area (Å²) in [5.74, 6) is -0.590. The number of carbonyl (C=O) groups is 1. The Morgan fingerprint density at radius 2 is 1.90 bits per heavy atom. The second kappa shape index (κ2) is 10.5. The molecule has 2 heterocycles. The van der Waals surface area contributed by atoms with Crippen LogP contribution in [0.4, 0.5) is 9.18 Å². The van der Waals surface area contributed by atoms with Gasteiger partial charge in [0, 0.05) is 32.7 Å². The van der Waals surface area contributed by atoms with E-state index in [9.17, 15) is 17.6 Å². The Kier molecular flexibility index (Phi) is 8.04. The minimum atomic E-state index is -3.78. The molecule has 0 bridgehead atoms. The molecule has 3 rings (SSSR count). The molecule has 7 nitrogen and oxygen atoms in total. The Morgan fingerprint density at radius 3 is 2.48 bits per heavy atom. The second-order valence-electron chi connectivity index (χ2n) is 7.33. The van der Waals surface area contributed by atoms with Crippen molar-refractivity contribution in [3.63, 3.8) is 0 Å². The van der Waals surface area contributed by atoms with Gasteiger partial charge in [0.1, 0.15) is 5.82 Å². The van der Waals surface area contributed by atoms with E-state index >= 15 is 0 Å². The third-order valence-electron chi connectivity index (χ3n) is 5.59. The average molecular weight is 469 g/mol. The third-order valence-corrected chi connectivity index (χ3v) is 8.18. The van der Waals surface area contributed by atoms with E-state index in [0.717, 1.165) is 19.2 Å². The van der Waals surface area contributed by atoms with Crippen molar-refractivity contribution in [2.45, 2.75) is 24.8 Å². The van der Waals surface area contributed by atoms with Gasteiger partial charge in [-0.25, -0.2) is 17.6 Å². The number of piperazine rings is 1. The van der Waals surface area contributed by atoms with E-state index in [0.29, 0.717) is 6.54 Å². The molecule has 1 aliphatic rings. The molecule has 2 aromatic rings. The van der Waals surface area contributed by atoms with E-state index in [1.165, 1.54) is 28.1 Å². The van der Waals surface area contributed by atoms with Crippen LogP contribution in [0.2, 0.25) is 0 Å².